The van der Waals surface area contributed by atoms with Gasteiger partial charge in [-0.3, -0.25) is 4.79 Å². The van der Waals surface area contributed by atoms with E-state index in [0.717, 1.165) is 12.8 Å². The average molecular weight is 254 g/mol. The molecule has 0 aromatic carbocycles. The highest BCUT2D eigenvalue weighted by atomic mass is 16.5. The van der Waals surface area contributed by atoms with Gasteiger partial charge < -0.3 is 20.2 Å². The quantitative estimate of drug-likeness (QED) is 0.776. The first kappa shape index (κ1) is 14.7. The Bertz CT molecular complexity index is 375. The lowest BCUT2D eigenvalue weighted by Crippen LogP contribution is -2.52. The minimum Gasteiger partial charge on any atom is -0.453 e. The second-order valence-electron chi connectivity index (χ2n) is 4.34. The van der Waals surface area contributed by atoms with Crippen molar-refractivity contribution >= 4 is 5.91 Å². The molecule has 5 heteroatoms. The van der Waals surface area contributed by atoms with Crippen LogP contribution in [0.3, 0.4) is 0 Å². The Kier molecular flexibility index (Phi) is 5.37. The number of ether oxygens (including phenoxy) is 1. The number of hydrogen-bond acceptors (Lipinski definition) is 4. The summed E-state index contributed by atoms with van der Waals surface area (Å²) in [4.78, 5) is 12.1. The van der Waals surface area contributed by atoms with Crippen LogP contribution in [0, 0.1) is 0 Å². The summed E-state index contributed by atoms with van der Waals surface area (Å²) in [6.07, 6.45) is 1.58. The van der Waals surface area contributed by atoms with Crippen molar-refractivity contribution in [2.45, 2.75) is 38.8 Å². The first-order valence-corrected chi connectivity index (χ1v) is 6.21. The molecule has 0 saturated carbocycles. The van der Waals surface area contributed by atoms with Crippen LogP contribution in [0.1, 0.15) is 43.0 Å². The number of nitrogens with two attached hydrogens (primary N) is 1. The largest absolute Gasteiger partial charge is 0.453 e. The summed E-state index contributed by atoms with van der Waals surface area (Å²) in [6, 6.07) is 3.39. The molecule has 0 atom stereocenters. The molecular formula is C13H22N2O3. The number of hydrogen-bond donors (Lipinski definition) is 2. The van der Waals surface area contributed by atoms with Gasteiger partial charge in [-0.1, -0.05) is 13.8 Å². The minimum atomic E-state index is -0.356. The van der Waals surface area contributed by atoms with Crippen LogP contribution in [-0.4, -0.2) is 25.1 Å². The molecule has 1 heterocycles. The van der Waals surface area contributed by atoms with Gasteiger partial charge in [-0.25, -0.2) is 0 Å². The molecule has 0 spiro atoms. The highest BCUT2D eigenvalue weighted by Gasteiger charge is 2.27. The summed E-state index contributed by atoms with van der Waals surface area (Å²) in [6.45, 7) is 4.79. The van der Waals surface area contributed by atoms with Crippen molar-refractivity contribution in [2.24, 2.45) is 5.73 Å². The maximum Gasteiger partial charge on any atom is 0.287 e. The third-order valence-electron chi connectivity index (χ3n) is 3.30. The molecule has 18 heavy (non-hydrogen) atoms. The monoisotopic (exact) mass is 254 g/mol. The molecule has 1 rings (SSSR count). The van der Waals surface area contributed by atoms with Crippen LogP contribution in [0.5, 0.6) is 0 Å². The van der Waals surface area contributed by atoms with E-state index in [1.165, 1.54) is 0 Å². The van der Waals surface area contributed by atoms with Crippen molar-refractivity contribution in [2.75, 3.05) is 13.7 Å². The van der Waals surface area contributed by atoms with Crippen molar-refractivity contribution in [3.05, 3.63) is 23.7 Å². The Hall–Kier alpha value is -1.33. The van der Waals surface area contributed by atoms with Gasteiger partial charge in [0, 0.05) is 13.7 Å². The summed E-state index contributed by atoms with van der Waals surface area (Å²) in [5.41, 5.74) is 5.39. The molecule has 0 radical (unpaired) electrons. The molecule has 0 fully saturated rings. The van der Waals surface area contributed by atoms with Crippen LogP contribution in [0.15, 0.2) is 16.5 Å². The topological polar surface area (TPSA) is 77.5 Å². The fourth-order valence-electron chi connectivity index (χ4n) is 1.79. The first-order valence-electron chi connectivity index (χ1n) is 6.21. The highest BCUT2D eigenvalue weighted by Crippen LogP contribution is 2.16. The van der Waals surface area contributed by atoms with Crippen molar-refractivity contribution in [3.63, 3.8) is 0 Å². The maximum absolute atomic E-state index is 12.1. The number of amides is 1. The van der Waals surface area contributed by atoms with Crippen LogP contribution >= 0.6 is 0 Å². The van der Waals surface area contributed by atoms with Gasteiger partial charge in [0.05, 0.1) is 5.54 Å². The van der Waals surface area contributed by atoms with E-state index >= 15 is 0 Å². The second-order valence-corrected chi connectivity index (χ2v) is 4.34. The number of furan rings is 1. The molecule has 0 bridgehead atoms. The molecule has 5 nitrogen and oxygen atoms in total. The molecular weight excluding hydrogens is 232 g/mol. The molecule has 1 amide bonds. The fourth-order valence-corrected chi connectivity index (χ4v) is 1.79. The lowest BCUT2D eigenvalue weighted by atomic mass is 9.93. The van der Waals surface area contributed by atoms with Crippen LogP contribution in [0.25, 0.3) is 0 Å². The van der Waals surface area contributed by atoms with Gasteiger partial charge in [0.2, 0.25) is 0 Å². The Morgan fingerprint density at radius 1 is 1.44 bits per heavy atom. The lowest BCUT2D eigenvalue weighted by Gasteiger charge is -2.30. The predicted octanol–water partition coefficient (Wildman–Crippen LogP) is 1.67. The van der Waals surface area contributed by atoms with E-state index in [4.69, 9.17) is 14.9 Å². The molecule has 3 N–H and O–H groups in total. The minimum absolute atomic E-state index is 0.230. The summed E-state index contributed by atoms with van der Waals surface area (Å²) in [7, 11) is 1.58. The van der Waals surface area contributed by atoms with Gasteiger partial charge in [-0.15, -0.1) is 0 Å². The molecule has 102 valence electrons. The molecule has 0 aliphatic heterocycles. The molecule has 1 aromatic heterocycles. The van der Waals surface area contributed by atoms with E-state index in [1.54, 1.807) is 19.2 Å². The van der Waals surface area contributed by atoms with Gasteiger partial charge in [-0.05, 0) is 25.0 Å². The van der Waals surface area contributed by atoms with Gasteiger partial charge in [0.1, 0.15) is 12.4 Å². The predicted molar refractivity (Wildman–Crippen MR) is 69.3 cm³/mol. The standard InChI is InChI=1S/C13H22N2O3/c1-4-13(5-2,9-14)15-12(16)11-7-6-10(18-11)8-17-3/h6-7H,4-5,8-9,14H2,1-3H3,(H,15,16). The van der Waals surface area contributed by atoms with Crippen LogP contribution in [0.2, 0.25) is 0 Å². The molecule has 0 saturated heterocycles. The lowest BCUT2D eigenvalue weighted by molar-refractivity contribution is 0.0858. The van der Waals surface area contributed by atoms with Gasteiger partial charge in [0.15, 0.2) is 5.76 Å². The van der Waals surface area contributed by atoms with Crippen molar-refractivity contribution < 1.29 is 13.9 Å². The number of rotatable bonds is 7. The Morgan fingerprint density at radius 2 is 2.11 bits per heavy atom. The smallest absolute Gasteiger partial charge is 0.287 e. The number of methoxy groups -OCH3 is 1. The van der Waals surface area contributed by atoms with Gasteiger partial charge >= 0.3 is 0 Å². The zero-order valence-corrected chi connectivity index (χ0v) is 11.3. The van der Waals surface area contributed by atoms with E-state index in [9.17, 15) is 4.79 Å². The average Bonchev–Trinajstić information content (AvgIpc) is 2.85. The van der Waals surface area contributed by atoms with E-state index in [1.807, 2.05) is 13.8 Å². The van der Waals surface area contributed by atoms with Crippen molar-refractivity contribution in [3.8, 4) is 0 Å². The third-order valence-corrected chi connectivity index (χ3v) is 3.30. The summed E-state index contributed by atoms with van der Waals surface area (Å²) >= 11 is 0. The Morgan fingerprint density at radius 3 is 2.61 bits per heavy atom. The third kappa shape index (κ3) is 3.34. The van der Waals surface area contributed by atoms with Crippen LogP contribution in [-0.2, 0) is 11.3 Å². The number of nitrogens with one attached hydrogen (secondary N) is 1. The zero-order chi connectivity index (χ0) is 13.6. The number of carbonyl (C=O) groups excluding carboxylic acids is 1. The van der Waals surface area contributed by atoms with E-state index < -0.39 is 0 Å². The van der Waals surface area contributed by atoms with Crippen LogP contribution < -0.4 is 11.1 Å². The van der Waals surface area contributed by atoms with Crippen molar-refractivity contribution in [1.82, 2.24) is 5.32 Å². The highest BCUT2D eigenvalue weighted by molar-refractivity contribution is 5.92. The first-order chi connectivity index (χ1) is 8.60. The summed E-state index contributed by atoms with van der Waals surface area (Å²) < 4.78 is 10.3. The molecule has 0 aliphatic carbocycles. The maximum atomic E-state index is 12.1. The zero-order valence-electron chi connectivity index (χ0n) is 11.3. The fraction of sp³-hybridized carbons (Fsp3) is 0.615. The SMILES string of the molecule is CCC(CC)(CN)NC(=O)c1ccc(COC)o1. The van der Waals surface area contributed by atoms with Crippen LogP contribution in [0.4, 0.5) is 0 Å². The number of carbonyl (C=O) groups is 1. The van der Waals surface area contributed by atoms with Gasteiger partial charge in [0.25, 0.3) is 5.91 Å². The molecule has 0 unspecified atom stereocenters. The van der Waals surface area contributed by atoms with Gasteiger partial charge in [-0.2, -0.15) is 0 Å². The summed E-state index contributed by atoms with van der Waals surface area (Å²) in [5.74, 6) is 0.697. The van der Waals surface area contributed by atoms with E-state index in [0.29, 0.717) is 24.7 Å². The summed E-state index contributed by atoms with van der Waals surface area (Å²) in [5, 5.41) is 2.95. The van der Waals surface area contributed by atoms with Crippen molar-refractivity contribution in [1.29, 1.82) is 0 Å². The normalized spacial score (nSPS) is 11.6. The molecule has 0 aliphatic rings. The Balaban J connectivity index is 2.74. The Labute approximate surface area is 108 Å². The second kappa shape index (κ2) is 6.56. The van der Waals surface area contributed by atoms with E-state index in [-0.39, 0.29) is 11.4 Å². The molecule has 1 aromatic rings. The van der Waals surface area contributed by atoms with E-state index in [2.05, 4.69) is 5.32 Å².